The van der Waals surface area contributed by atoms with Crippen LogP contribution in [0.2, 0.25) is 0 Å². The molecule has 1 heterocycles. The Morgan fingerprint density at radius 3 is 2.65 bits per heavy atom. The number of rotatable bonds is 6. The van der Waals surface area contributed by atoms with Crippen molar-refractivity contribution in [3.63, 3.8) is 0 Å². The second-order valence-electron chi connectivity index (χ2n) is 7.42. The van der Waals surface area contributed by atoms with Crippen LogP contribution in [0.15, 0.2) is 36.5 Å². The highest BCUT2D eigenvalue weighted by Crippen LogP contribution is 2.25. The minimum atomic E-state index is -0.705. The van der Waals surface area contributed by atoms with E-state index in [2.05, 4.69) is 23.3 Å². The van der Waals surface area contributed by atoms with Crippen molar-refractivity contribution in [3.8, 4) is 6.07 Å². The zero-order valence-electron chi connectivity index (χ0n) is 16.2. The molecule has 26 heavy (non-hydrogen) atoms. The molecular weight excluding hydrogens is 328 g/mol. The van der Waals surface area contributed by atoms with E-state index >= 15 is 0 Å². The fraction of sp³-hybridized carbons (Fsp3) is 0.550. The van der Waals surface area contributed by atoms with Crippen LogP contribution in [0, 0.1) is 16.7 Å². The summed E-state index contributed by atoms with van der Waals surface area (Å²) in [6.45, 7) is 12.2. The fourth-order valence-electron chi connectivity index (χ4n) is 2.76. The summed E-state index contributed by atoms with van der Waals surface area (Å²) in [5.74, 6) is -0.204. The van der Waals surface area contributed by atoms with E-state index in [1.165, 1.54) is 0 Å². The Bertz CT molecular complexity index is 623. The first-order valence-corrected chi connectivity index (χ1v) is 8.93. The van der Waals surface area contributed by atoms with Gasteiger partial charge in [0.15, 0.2) is 0 Å². The quantitative estimate of drug-likeness (QED) is 0.716. The van der Waals surface area contributed by atoms with Crippen LogP contribution in [0.25, 0.3) is 0 Å². The molecule has 0 saturated carbocycles. The molecular formula is C20H30N4O2. The average molecular weight is 358 g/mol. The summed E-state index contributed by atoms with van der Waals surface area (Å²) in [7, 11) is 0. The summed E-state index contributed by atoms with van der Waals surface area (Å²) < 4.78 is 0. The van der Waals surface area contributed by atoms with Gasteiger partial charge in [-0.3, -0.25) is 4.79 Å². The second-order valence-corrected chi connectivity index (χ2v) is 7.42. The van der Waals surface area contributed by atoms with Gasteiger partial charge in [0.2, 0.25) is 5.91 Å². The van der Waals surface area contributed by atoms with Crippen molar-refractivity contribution in [3.05, 3.63) is 36.5 Å². The standard InChI is InChI=1S/C20H30N4O2/c1-6-8-10-15(7-2)14-22-19(26)23-17(20(3,4)5)18(25)24-12-9-11-16(24)13-21/h6-8,10,16-17H,2,9,11-12,14H2,1,3-5H3,(H2,22,23,26)/b8-6-,15-10+. The molecule has 6 nitrogen and oxygen atoms in total. The first-order valence-electron chi connectivity index (χ1n) is 8.93. The summed E-state index contributed by atoms with van der Waals surface area (Å²) in [6.07, 6.45) is 8.79. The highest BCUT2D eigenvalue weighted by Gasteiger charge is 2.39. The molecule has 0 spiro atoms. The monoisotopic (exact) mass is 358 g/mol. The van der Waals surface area contributed by atoms with Crippen molar-refractivity contribution < 1.29 is 9.59 Å². The molecule has 3 amide bonds. The molecule has 2 N–H and O–H groups in total. The lowest BCUT2D eigenvalue weighted by Crippen LogP contribution is -2.57. The Kier molecular flexibility index (Phi) is 8.11. The number of amides is 3. The normalized spacial score (nSPS) is 19.1. The molecule has 0 radical (unpaired) electrons. The molecule has 142 valence electrons. The number of nitrogens with one attached hydrogen (secondary N) is 2. The predicted molar refractivity (Wildman–Crippen MR) is 103 cm³/mol. The maximum absolute atomic E-state index is 12.9. The fourth-order valence-corrected chi connectivity index (χ4v) is 2.76. The number of urea groups is 1. The third-order valence-corrected chi connectivity index (χ3v) is 4.29. The first-order chi connectivity index (χ1) is 12.2. The van der Waals surface area contributed by atoms with Crippen LogP contribution in [-0.4, -0.2) is 42.0 Å². The molecule has 2 unspecified atom stereocenters. The highest BCUT2D eigenvalue weighted by molar-refractivity contribution is 5.88. The zero-order chi connectivity index (χ0) is 19.7. The molecule has 6 heteroatoms. The van der Waals surface area contributed by atoms with Crippen LogP contribution in [0.5, 0.6) is 0 Å². The number of carbonyl (C=O) groups excluding carboxylic acids is 2. The maximum Gasteiger partial charge on any atom is 0.315 e. The van der Waals surface area contributed by atoms with Gasteiger partial charge in [-0.2, -0.15) is 5.26 Å². The Labute approximate surface area is 156 Å². The predicted octanol–water partition coefficient (Wildman–Crippen LogP) is 2.90. The minimum Gasteiger partial charge on any atom is -0.334 e. The van der Waals surface area contributed by atoms with Crippen LogP contribution in [-0.2, 0) is 4.79 Å². The lowest BCUT2D eigenvalue weighted by atomic mass is 9.85. The van der Waals surface area contributed by atoms with Gasteiger partial charge in [-0.15, -0.1) is 0 Å². The van der Waals surface area contributed by atoms with E-state index in [9.17, 15) is 14.9 Å². The molecule has 0 aromatic carbocycles. The number of nitrogens with zero attached hydrogens (tertiary/aromatic N) is 2. The highest BCUT2D eigenvalue weighted by atomic mass is 16.2. The zero-order valence-corrected chi connectivity index (χ0v) is 16.2. The van der Waals surface area contributed by atoms with E-state index in [0.717, 1.165) is 12.0 Å². The van der Waals surface area contributed by atoms with Crippen molar-refractivity contribution in [2.75, 3.05) is 13.1 Å². The van der Waals surface area contributed by atoms with E-state index < -0.39 is 23.5 Å². The lowest BCUT2D eigenvalue weighted by Gasteiger charge is -2.34. The van der Waals surface area contributed by atoms with E-state index in [1.54, 1.807) is 11.0 Å². The largest absolute Gasteiger partial charge is 0.334 e. The average Bonchev–Trinajstić information content (AvgIpc) is 3.07. The summed E-state index contributed by atoms with van der Waals surface area (Å²) in [6, 6.07) is 0.642. The van der Waals surface area contributed by atoms with E-state index in [4.69, 9.17) is 0 Å². The van der Waals surface area contributed by atoms with Gasteiger partial charge in [0, 0.05) is 13.1 Å². The molecule has 1 rings (SSSR count). The molecule has 2 atom stereocenters. The SMILES string of the molecule is C=C/C(=C\C=C/C)CNC(=O)NC(C(=O)N1CCCC1C#N)C(C)(C)C. The van der Waals surface area contributed by atoms with Gasteiger partial charge >= 0.3 is 6.03 Å². The Hall–Kier alpha value is -2.55. The van der Waals surface area contributed by atoms with Gasteiger partial charge in [-0.25, -0.2) is 4.79 Å². The van der Waals surface area contributed by atoms with Crippen molar-refractivity contribution in [2.24, 2.45) is 5.41 Å². The first kappa shape index (κ1) is 21.5. The van der Waals surface area contributed by atoms with Crippen molar-refractivity contribution in [1.82, 2.24) is 15.5 Å². The van der Waals surface area contributed by atoms with E-state index in [1.807, 2.05) is 45.9 Å². The third kappa shape index (κ3) is 6.07. The number of nitriles is 1. The molecule has 0 aromatic rings. The topological polar surface area (TPSA) is 85.2 Å². The Morgan fingerprint density at radius 1 is 1.42 bits per heavy atom. The molecule has 1 aliphatic heterocycles. The molecule has 0 bridgehead atoms. The number of carbonyl (C=O) groups is 2. The van der Waals surface area contributed by atoms with E-state index in [0.29, 0.717) is 19.5 Å². The van der Waals surface area contributed by atoms with Crippen molar-refractivity contribution in [1.29, 1.82) is 5.26 Å². The number of hydrogen-bond donors (Lipinski definition) is 2. The van der Waals surface area contributed by atoms with Crippen LogP contribution in [0.4, 0.5) is 4.79 Å². The van der Waals surface area contributed by atoms with Gasteiger partial charge in [-0.05, 0) is 30.8 Å². The molecule has 1 fully saturated rings. The number of hydrogen-bond acceptors (Lipinski definition) is 3. The maximum atomic E-state index is 12.9. The molecule has 1 saturated heterocycles. The number of likely N-dealkylation sites (tertiary alicyclic amines) is 1. The molecule has 0 aliphatic carbocycles. The van der Waals surface area contributed by atoms with Crippen molar-refractivity contribution >= 4 is 11.9 Å². The van der Waals surface area contributed by atoms with Gasteiger partial charge in [0.1, 0.15) is 12.1 Å². The summed E-state index contributed by atoms with van der Waals surface area (Å²) in [5, 5.41) is 14.8. The van der Waals surface area contributed by atoms with Crippen LogP contribution in [0.3, 0.4) is 0 Å². The third-order valence-electron chi connectivity index (χ3n) is 4.29. The smallest absolute Gasteiger partial charge is 0.315 e. The Morgan fingerprint density at radius 2 is 2.12 bits per heavy atom. The molecule has 0 aromatic heterocycles. The summed E-state index contributed by atoms with van der Waals surface area (Å²) in [4.78, 5) is 26.8. The van der Waals surface area contributed by atoms with Crippen molar-refractivity contribution in [2.45, 2.75) is 52.6 Å². The van der Waals surface area contributed by atoms with Gasteiger partial charge < -0.3 is 15.5 Å². The van der Waals surface area contributed by atoms with Crippen LogP contribution in [0.1, 0.15) is 40.5 Å². The van der Waals surface area contributed by atoms with E-state index in [-0.39, 0.29) is 5.91 Å². The Balaban J connectivity index is 2.79. The summed E-state index contributed by atoms with van der Waals surface area (Å²) >= 11 is 0. The van der Waals surface area contributed by atoms with Crippen LogP contribution < -0.4 is 10.6 Å². The van der Waals surface area contributed by atoms with Gasteiger partial charge in [0.05, 0.1) is 6.07 Å². The number of allylic oxidation sites excluding steroid dienone is 3. The second kappa shape index (κ2) is 9.81. The van der Waals surface area contributed by atoms with Crippen LogP contribution >= 0.6 is 0 Å². The lowest BCUT2D eigenvalue weighted by molar-refractivity contribution is -0.135. The van der Waals surface area contributed by atoms with Gasteiger partial charge in [0.25, 0.3) is 0 Å². The van der Waals surface area contributed by atoms with Gasteiger partial charge in [-0.1, -0.05) is 51.7 Å². The summed E-state index contributed by atoms with van der Waals surface area (Å²) in [5.41, 5.74) is 0.389. The molecule has 1 aliphatic rings. The minimum absolute atomic E-state index is 0.204.